The van der Waals surface area contributed by atoms with Gasteiger partial charge in [-0.1, -0.05) is 13.8 Å². The van der Waals surface area contributed by atoms with Crippen LogP contribution in [-0.4, -0.2) is 34.2 Å². The Bertz CT molecular complexity index is 548. The van der Waals surface area contributed by atoms with Gasteiger partial charge in [-0.15, -0.1) is 0 Å². The number of fused-ring (bicyclic) bond motifs is 1. The molecule has 2 heterocycles. The van der Waals surface area contributed by atoms with Gasteiger partial charge in [0.1, 0.15) is 0 Å². The molecule has 0 aromatic carbocycles. The molecule has 0 bridgehead atoms. The standard InChI is InChI=1S/C16H26N4O2/c1-10(2)15(21)17-8-12-5-6-20-14(7-12)13(9-18-20)16(22)19-11(3)4/h9-12H,5-8H2,1-4H3,(H,17,21)(H,19,22)/t12-/m1/s1. The van der Waals surface area contributed by atoms with E-state index < -0.39 is 0 Å². The Hall–Kier alpha value is -1.85. The summed E-state index contributed by atoms with van der Waals surface area (Å²) < 4.78 is 1.91. The maximum Gasteiger partial charge on any atom is 0.254 e. The van der Waals surface area contributed by atoms with Crippen molar-refractivity contribution in [1.82, 2.24) is 20.4 Å². The van der Waals surface area contributed by atoms with Crippen molar-refractivity contribution in [2.75, 3.05) is 6.54 Å². The first-order valence-electron chi connectivity index (χ1n) is 8.01. The normalized spacial score (nSPS) is 17.5. The lowest BCUT2D eigenvalue weighted by Gasteiger charge is -2.24. The van der Waals surface area contributed by atoms with Gasteiger partial charge in [0.2, 0.25) is 5.91 Å². The number of hydrogen-bond donors (Lipinski definition) is 2. The molecule has 1 aromatic heterocycles. The smallest absolute Gasteiger partial charge is 0.254 e. The van der Waals surface area contributed by atoms with Gasteiger partial charge in [-0.05, 0) is 32.6 Å². The van der Waals surface area contributed by atoms with Crippen molar-refractivity contribution >= 4 is 11.8 Å². The molecule has 122 valence electrons. The zero-order chi connectivity index (χ0) is 16.3. The first kappa shape index (κ1) is 16.5. The van der Waals surface area contributed by atoms with Crippen LogP contribution in [0.3, 0.4) is 0 Å². The van der Waals surface area contributed by atoms with E-state index in [0.717, 1.165) is 25.1 Å². The number of amides is 2. The lowest BCUT2D eigenvalue weighted by molar-refractivity contribution is -0.124. The molecule has 1 aromatic rings. The van der Waals surface area contributed by atoms with Gasteiger partial charge < -0.3 is 10.6 Å². The van der Waals surface area contributed by atoms with Crippen LogP contribution in [0.5, 0.6) is 0 Å². The molecule has 0 unspecified atom stereocenters. The second kappa shape index (κ2) is 6.94. The van der Waals surface area contributed by atoms with Crippen LogP contribution >= 0.6 is 0 Å². The first-order chi connectivity index (χ1) is 10.4. The third kappa shape index (κ3) is 3.87. The van der Waals surface area contributed by atoms with Gasteiger partial charge in [-0.25, -0.2) is 0 Å². The zero-order valence-electron chi connectivity index (χ0n) is 13.8. The number of nitrogens with one attached hydrogen (secondary N) is 2. The second-order valence-corrected chi connectivity index (χ2v) is 6.61. The van der Waals surface area contributed by atoms with Crippen molar-refractivity contribution in [3.8, 4) is 0 Å². The number of nitrogens with zero attached hydrogens (tertiary/aromatic N) is 2. The van der Waals surface area contributed by atoms with E-state index in [1.807, 2.05) is 32.4 Å². The number of aromatic nitrogens is 2. The van der Waals surface area contributed by atoms with Gasteiger partial charge in [0, 0.05) is 25.0 Å². The van der Waals surface area contributed by atoms with Crippen LogP contribution in [0.4, 0.5) is 0 Å². The molecule has 1 aliphatic heterocycles. The molecule has 0 spiro atoms. The Morgan fingerprint density at radius 3 is 2.73 bits per heavy atom. The zero-order valence-corrected chi connectivity index (χ0v) is 13.8. The van der Waals surface area contributed by atoms with Crippen LogP contribution in [0.2, 0.25) is 0 Å². The Balaban J connectivity index is 2.01. The number of carbonyl (C=O) groups is 2. The van der Waals surface area contributed by atoms with E-state index in [4.69, 9.17) is 0 Å². The highest BCUT2D eigenvalue weighted by atomic mass is 16.2. The molecule has 2 rings (SSSR count). The molecule has 0 fully saturated rings. The molecule has 0 saturated carbocycles. The highest BCUT2D eigenvalue weighted by molar-refractivity contribution is 5.95. The fourth-order valence-corrected chi connectivity index (χ4v) is 2.65. The summed E-state index contributed by atoms with van der Waals surface area (Å²) in [6, 6.07) is 0.104. The Morgan fingerprint density at radius 2 is 2.09 bits per heavy atom. The van der Waals surface area contributed by atoms with E-state index in [-0.39, 0.29) is 23.8 Å². The Kier molecular flexibility index (Phi) is 5.21. The average Bonchev–Trinajstić information content (AvgIpc) is 2.86. The van der Waals surface area contributed by atoms with Crippen molar-refractivity contribution in [3.63, 3.8) is 0 Å². The highest BCUT2D eigenvalue weighted by Crippen LogP contribution is 2.22. The van der Waals surface area contributed by atoms with Crippen molar-refractivity contribution in [3.05, 3.63) is 17.5 Å². The summed E-state index contributed by atoms with van der Waals surface area (Å²) in [6.45, 7) is 9.12. The number of rotatable bonds is 5. The summed E-state index contributed by atoms with van der Waals surface area (Å²) in [5.74, 6) is 0.374. The van der Waals surface area contributed by atoms with Crippen LogP contribution < -0.4 is 10.6 Å². The molecule has 1 atom stereocenters. The third-order valence-electron chi connectivity index (χ3n) is 3.93. The van der Waals surface area contributed by atoms with Crippen LogP contribution in [-0.2, 0) is 17.8 Å². The lowest BCUT2D eigenvalue weighted by atomic mass is 9.94. The number of aryl methyl sites for hydroxylation is 1. The van der Waals surface area contributed by atoms with E-state index in [1.165, 1.54) is 0 Å². The quantitative estimate of drug-likeness (QED) is 0.862. The van der Waals surface area contributed by atoms with E-state index in [0.29, 0.717) is 18.0 Å². The van der Waals surface area contributed by atoms with Crippen LogP contribution in [0.1, 0.15) is 50.2 Å². The molecule has 6 nitrogen and oxygen atoms in total. The van der Waals surface area contributed by atoms with Crippen LogP contribution in [0.15, 0.2) is 6.20 Å². The van der Waals surface area contributed by atoms with E-state index in [1.54, 1.807) is 6.20 Å². The fraction of sp³-hybridized carbons (Fsp3) is 0.688. The maximum absolute atomic E-state index is 12.2. The number of carbonyl (C=O) groups excluding carboxylic acids is 2. The second-order valence-electron chi connectivity index (χ2n) is 6.61. The van der Waals surface area contributed by atoms with Gasteiger partial charge in [0.25, 0.3) is 5.91 Å². The van der Waals surface area contributed by atoms with Gasteiger partial charge >= 0.3 is 0 Å². The largest absolute Gasteiger partial charge is 0.356 e. The summed E-state index contributed by atoms with van der Waals surface area (Å²) in [4.78, 5) is 23.9. The summed E-state index contributed by atoms with van der Waals surface area (Å²) in [5.41, 5.74) is 1.64. The molecule has 22 heavy (non-hydrogen) atoms. The van der Waals surface area contributed by atoms with Gasteiger partial charge in [-0.3, -0.25) is 14.3 Å². The summed E-state index contributed by atoms with van der Waals surface area (Å²) >= 11 is 0. The highest BCUT2D eigenvalue weighted by Gasteiger charge is 2.25. The minimum Gasteiger partial charge on any atom is -0.356 e. The van der Waals surface area contributed by atoms with E-state index >= 15 is 0 Å². The minimum absolute atomic E-state index is 0.00139. The minimum atomic E-state index is -0.0666. The van der Waals surface area contributed by atoms with Gasteiger partial charge in [0.05, 0.1) is 17.5 Å². The third-order valence-corrected chi connectivity index (χ3v) is 3.93. The first-order valence-corrected chi connectivity index (χ1v) is 8.01. The molecule has 2 amide bonds. The summed E-state index contributed by atoms with van der Waals surface area (Å²) in [6.07, 6.45) is 3.40. The molecule has 0 radical (unpaired) electrons. The predicted octanol–water partition coefficient (Wildman–Crippen LogP) is 1.36. The maximum atomic E-state index is 12.2. The SMILES string of the molecule is CC(C)NC(=O)c1cnn2c1C[C@H](CNC(=O)C(C)C)CC2. The van der Waals surface area contributed by atoms with Crippen LogP contribution in [0, 0.1) is 11.8 Å². The predicted molar refractivity (Wildman–Crippen MR) is 84.5 cm³/mol. The topological polar surface area (TPSA) is 76.0 Å². The molecule has 2 N–H and O–H groups in total. The van der Waals surface area contributed by atoms with Gasteiger partial charge in [-0.2, -0.15) is 5.10 Å². The molecular weight excluding hydrogens is 280 g/mol. The lowest BCUT2D eigenvalue weighted by Crippen LogP contribution is -2.36. The summed E-state index contributed by atoms with van der Waals surface area (Å²) in [7, 11) is 0. The fourth-order valence-electron chi connectivity index (χ4n) is 2.65. The Labute approximate surface area is 131 Å². The van der Waals surface area contributed by atoms with E-state index in [2.05, 4.69) is 15.7 Å². The molecular formula is C16H26N4O2. The van der Waals surface area contributed by atoms with Crippen molar-refractivity contribution in [2.24, 2.45) is 11.8 Å². The van der Waals surface area contributed by atoms with Gasteiger partial charge in [0.15, 0.2) is 0 Å². The monoisotopic (exact) mass is 306 g/mol. The number of hydrogen-bond acceptors (Lipinski definition) is 3. The molecule has 6 heteroatoms. The molecule has 0 saturated heterocycles. The van der Waals surface area contributed by atoms with Crippen molar-refractivity contribution in [2.45, 2.75) is 53.1 Å². The summed E-state index contributed by atoms with van der Waals surface area (Å²) in [5, 5.41) is 10.2. The average molecular weight is 306 g/mol. The van der Waals surface area contributed by atoms with Crippen molar-refractivity contribution in [1.29, 1.82) is 0 Å². The van der Waals surface area contributed by atoms with Crippen LogP contribution in [0.25, 0.3) is 0 Å². The molecule has 1 aliphatic rings. The Morgan fingerprint density at radius 1 is 1.36 bits per heavy atom. The van der Waals surface area contributed by atoms with Crippen molar-refractivity contribution < 1.29 is 9.59 Å². The van der Waals surface area contributed by atoms with E-state index in [9.17, 15) is 9.59 Å². The molecule has 0 aliphatic carbocycles.